The highest BCUT2D eigenvalue weighted by Crippen LogP contribution is 2.25. The minimum atomic E-state index is 0.226. The van der Waals surface area contributed by atoms with E-state index in [9.17, 15) is 5.11 Å². The minimum absolute atomic E-state index is 0.226. The van der Waals surface area contributed by atoms with E-state index in [0.29, 0.717) is 0 Å². The van der Waals surface area contributed by atoms with Crippen LogP contribution >= 0.6 is 0 Å². The second kappa shape index (κ2) is 4.70. The number of hydrogen-bond donors (Lipinski definition) is 1. The van der Waals surface area contributed by atoms with Crippen molar-refractivity contribution in [2.45, 2.75) is 26.1 Å². The Morgan fingerprint density at radius 1 is 1.21 bits per heavy atom. The van der Waals surface area contributed by atoms with Crippen LogP contribution in [0.2, 0.25) is 0 Å². The zero-order valence-electron chi connectivity index (χ0n) is 11.2. The molecular weight excluding hydrogens is 240 g/mol. The lowest BCUT2D eigenvalue weighted by atomic mass is 10.1. The summed E-state index contributed by atoms with van der Waals surface area (Å²) in [6.07, 6.45) is 2.34. The van der Waals surface area contributed by atoms with Gasteiger partial charge in [0.15, 0.2) is 0 Å². The van der Waals surface area contributed by atoms with E-state index in [2.05, 4.69) is 29.8 Å². The Bertz CT molecular complexity index is 590. The number of benzene rings is 1. The second-order valence-electron chi connectivity index (χ2n) is 5.23. The van der Waals surface area contributed by atoms with Gasteiger partial charge in [0.2, 0.25) is 0 Å². The van der Waals surface area contributed by atoms with E-state index in [1.54, 1.807) is 12.1 Å². The number of pyridine rings is 1. The van der Waals surface area contributed by atoms with Gasteiger partial charge in [0.25, 0.3) is 0 Å². The third kappa shape index (κ3) is 2.49. The van der Waals surface area contributed by atoms with Crippen molar-refractivity contribution in [3.05, 3.63) is 30.5 Å². The molecule has 0 spiro atoms. The van der Waals surface area contributed by atoms with Gasteiger partial charge < -0.3 is 14.7 Å². The molecule has 19 heavy (non-hydrogen) atoms. The first kappa shape index (κ1) is 12.2. The molecule has 1 saturated heterocycles. The molecule has 0 radical (unpaired) electrons. The molecule has 0 aliphatic carbocycles. The average molecular weight is 258 g/mol. The van der Waals surface area contributed by atoms with E-state index >= 15 is 0 Å². The Morgan fingerprint density at radius 2 is 1.95 bits per heavy atom. The van der Waals surface area contributed by atoms with Crippen molar-refractivity contribution in [2.24, 2.45) is 0 Å². The van der Waals surface area contributed by atoms with Crippen LogP contribution in [0.3, 0.4) is 0 Å². The predicted molar refractivity (Wildman–Crippen MR) is 75.6 cm³/mol. The minimum Gasteiger partial charge on any atom is -0.508 e. The second-order valence-corrected chi connectivity index (χ2v) is 5.23. The van der Waals surface area contributed by atoms with Gasteiger partial charge in [-0.3, -0.25) is 4.98 Å². The van der Waals surface area contributed by atoms with E-state index < -0.39 is 0 Å². The van der Waals surface area contributed by atoms with Crippen LogP contribution in [0.4, 0.5) is 5.69 Å². The van der Waals surface area contributed by atoms with E-state index in [-0.39, 0.29) is 18.0 Å². The fourth-order valence-corrected chi connectivity index (χ4v) is 2.67. The van der Waals surface area contributed by atoms with E-state index in [1.807, 2.05) is 12.3 Å². The van der Waals surface area contributed by atoms with Crippen LogP contribution in [0.25, 0.3) is 10.9 Å². The van der Waals surface area contributed by atoms with Crippen LogP contribution in [-0.4, -0.2) is 35.4 Å². The smallest absolute Gasteiger partial charge is 0.116 e. The number of aromatic hydroxyl groups is 1. The zero-order chi connectivity index (χ0) is 13.4. The highest BCUT2D eigenvalue weighted by molar-refractivity contribution is 5.83. The van der Waals surface area contributed by atoms with Crippen LogP contribution in [0.5, 0.6) is 5.75 Å². The molecule has 0 saturated carbocycles. The molecule has 1 fully saturated rings. The maximum absolute atomic E-state index is 9.55. The number of morpholine rings is 1. The summed E-state index contributed by atoms with van der Waals surface area (Å²) >= 11 is 0. The molecule has 0 amide bonds. The van der Waals surface area contributed by atoms with Crippen LogP contribution in [0.1, 0.15) is 13.8 Å². The van der Waals surface area contributed by atoms with Crippen molar-refractivity contribution in [1.29, 1.82) is 0 Å². The first-order valence-corrected chi connectivity index (χ1v) is 6.61. The predicted octanol–water partition coefficient (Wildman–Crippen LogP) is 2.55. The van der Waals surface area contributed by atoms with E-state index in [4.69, 9.17) is 4.74 Å². The van der Waals surface area contributed by atoms with Gasteiger partial charge in [-0.05, 0) is 38.1 Å². The maximum Gasteiger partial charge on any atom is 0.116 e. The van der Waals surface area contributed by atoms with Gasteiger partial charge in [0, 0.05) is 18.5 Å². The Morgan fingerprint density at radius 3 is 2.68 bits per heavy atom. The zero-order valence-corrected chi connectivity index (χ0v) is 11.2. The molecule has 1 aliphatic heterocycles. The van der Waals surface area contributed by atoms with Gasteiger partial charge in [-0.25, -0.2) is 0 Å². The van der Waals surface area contributed by atoms with Gasteiger partial charge in [0.1, 0.15) is 5.75 Å². The lowest BCUT2D eigenvalue weighted by molar-refractivity contribution is -0.00522. The summed E-state index contributed by atoms with van der Waals surface area (Å²) in [6, 6.07) is 7.32. The van der Waals surface area contributed by atoms with Crippen molar-refractivity contribution < 1.29 is 9.84 Å². The molecule has 4 heteroatoms. The Labute approximate surface area is 112 Å². The van der Waals surface area contributed by atoms with Crippen LogP contribution in [-0.2, 0) is 4.74 Å². The number of phenols is 1. The molecule has 1 N–H and O–H groups in total. The molecule has 2 heterocycles. The molecule has 2 unspecified atom stereocenters. The summed E-state index contributed by atoms with van der Waals surface area (Å²) in [4.78, 5) is 6.74. The average Bonchev–Trinajstić information content (AvgIpc) is 2.36. The summed E-state index contributed by atoms with van der Waals surface area (Å²) in [5.74, 6) is 0.273. The maximum atomic E-state index is 9.55. The molecule has 1 aliphatic rings. The van der Waals surface area contributed by atoms with Gasteiger partial charge >= 0.3 is 0 Å². The number of aromatic nitrogens is 1. The number of hydrogen-bond acceptors (Lipinski definition) is 4. The Kier molecular flexibility index (Phi) is 3.03. The largest absolute Gasteiger partial charge is 0.508 e. The van der Waals surface area contributed by atoms with Crippen molar-refractivity contribution in [3.8, 4) is 5.75 Å². The SMILES string of the molecule is CC1CN(c2cnc3ccc(O)cc3c2)CC(C)O1. The number of rotatable bonds is 1. The summed E-state index contributed by atoms with van der Waals surface area (Å²) in [6.45, 7) is 5.92. The molecule has 100 valence electrons. The summed E-state index contributed by atoms with van der Waals surface area (Å²) < 4.78 is 5.74. The summed E-state index contributed by atoms with van der Waals surface area (Å²) in [5.41, 5.74) is 1.98. The van der Waals surface area contributed by atoms with E-state index in [1.165, 1.54) is 0 Å². The van der Waals surface area contributed by atoms with Gasteiger partial charge in [-0.1, -0.05) is 0 Å². The van der Waals surface area contributed by atoms with E-state index in [0.717, 1.165) is 29.7 Å². The Balaban J connectivity index is 1.96. The normalized spacial score (nSPS) is 23.8. The molecule has 1 aromatic heterocycles. The number of nitrogens with zero attached hydrogens (tertiary/aromatic N) is 2. The first-order valence-electron chi connectivity index (χ1n) is 6.61. The van der Waals surface area contributed by atoms with Crippen molar-refractivity contribution in [3.63, 3.8) is 0 Å². The monoisotopic (exact) mass is 258 g/mol. The summed E-state index contributed by atoms with van der Waals surface area (Å²) in [5, 5.41) is 10.5. The fourth-order valence-electron chi connectivity index (χ4n) is 2.67. The topological polar surface area (TPSA) is 45.6 Å². The first-order chi connectivity index (χ1) is 9.11. The van der Waals surface area contributed by atoms with Crippen LogP contribution in [0, 0.1) is 0 Å². The number of phenolic OH excluding ortho intramolecular Hbond substituents is 1. The summed E-state index contributed by atoms with van der Waals surface area (Å²) in [7, 11) is 0. The van der Waals surface area contributed by atoms with Crippen LogP contribution < -0.4 is 4.90 Å². The number of ether oxygens (including phenoxy) is 1. The molecular formula is C15H18N2O2. The lowest BCUT2D eigenvalue weighted by Crippen LogP contribution is -2.45. The molecule has 2 atom stereocenters. The highest BCUT2D eigenvalue weighted by Gasteiger charge is 2.22. The third-order valence-electron chi connectivity index (χ3n) is 3.44. The van der Waals surface area contributed by atoms with Gasteiger partial charge in [-0.15, -0.1) is 0 Å². The third-order valence-corrected chi connectivity index (χ3v) is 3.44. The number of fused-ring (bicyclic) bond motifs is 1. The van der Waals surface area contributed by atoms with Crippen molar-refractivity contribution in [2.75, 3.05) is 18.0 Å². The Hall–Kier alpha value is -1.81. The van der Waals surface area contributed by atoms with Crippen LogP contribution in [0.15, 0.2) is 30.5 Å². The fraction of sp³-hybridized carbons (Fsp3) is 0.400. The number of anilines is 1. The van der Waals surface area contributed by atoms with Gasteiger partial charge in [0.05, 0.1) is 29.6 Å². The molecule has 2 aromatic rings. The van der Waals surface area contributed by atoms with Crippen molar-refractivity contribution in [1.82, 2.24) is 4.98 Å². The molecule has 4 nitrogen and oxygen atoms in total. The molecule has 3 rings (SSSR count). The van der Waals surface area contributed by atoms with Crippen molar-refractivity contribution >= 4 is 16.6 Å². The molecule has 0 bridgehead atoms. The highest BCUT2D eigenvalue weighted by atomic mass is 16.5. The standard InChI is InChI=1S/C15H18N2O2/c1-10-8-17(9-11(2)19-10)13-5-12-6-14(18)3-4-15(12)16-7-13/h3-7,10-11,18H,8-9H2,1-2H3. The lowest BCUT2D eigenvalue weighted by Gasteiger charge is -2.36. The quantitative estimate of drug-likeness (QED) is 0.854. The van der Waals surface area contributed by atoms with Gasteiger partial charge in [-0.2, -0.15) is 0 Å². The molecule has 1 aromatic carbocycles.